The van der Waals surface area contributed by atoms with E-state index in [-0.39, 0.29) is 5.78 Å². The number of aromatic nitrogens is 2. The van der Waals surface area contributed by atoms with E-state index in [2.05, 4.69) is 14.5 Å². The van der Waals surface area contributed by atoms with Gasteiger partial charge in [-0.15, -0.1) is 0 Å². The van der Waals surface area contributed by atoms with Crippen molar-refractivity contribution in [1.82, 2.24) is 14.5 Å². The molecule has 20 heavy (non-hydrogen) atoms. The molecule has 0 saturated heterocycles. The van der Waals surface area contributed by atoms with Gasteiger partial charge in [-0.2, -0.15) is 0 Å². The van der Waals surface area contributed by atoms with Gasteiger partial charge in [0.25, 0.3) is 0 Å². The lowest BCUT2D eigenvalue weighted by molar-refractivity contribution is 0.0908. The molecule has 0 amide bonds. The first-order chi connectivity index (χ1) is 9.63. The zero-order valence-corrected chi connectivity index (χ0v) is 12.2. The molecule has 1 aliphatic rings. The van der Waals surface area contributed by atoms with Crippen molar-refractivity contribution in [3.8, 4) is 0 Å². The summed E-state index contributed by atoms with van der Waals surface area (Å²) in [5.41, 5.74) is 0.519. The van der Waals surface area contributed by atoms with Crippen LogP contribution in [0.1, 0.15) is 16.2 Å². The number of carbonyl (C=O) groups excluding carboxylic acids is 1. The van der Waals surface area contributed by atoms with Crippen molar-refractivity contribution in [3.05, 3.63) is 52.0 Å². The predicted molar refractivity (Wildman–Crippen MR) is 78.3 cm³/mol. The van der Waals surface area contributed by atoms with Gasteiger partial charge in [-0.25, -0.2) is 4.98 Å². The van der Waals surface area contributed by atoms with Crippen LogP contribution in [-0.2, 0) is 13.1 Å². The fourth-order valence-electron chi connectivity index (χ4n) is 2.36. The van der Waals surface area contributed by atoms with Gasteiger partial charge in [0.15, 0.2) is 5.78 Å². The van der Waals surface area contributed by atoms with E-state index in [0.717, 1.165) is 18.9 Å². The Morgan fingerprint density at radius 3 is 2.95 bits per heavy atom. The first-order valence-corrected chi connectivity index (χ1v) is 7.10. The van der Waals surface area contributed by atoms with E-state index in [4.69, 9.17) is 23.2 Å². The third kappa shape index (κ3) is 2.73. The zero-order valence-electron chi connectivity index (χ0n) is 10.7. The molecule has 0 bridgehead atoms. The van der Waals surface area contributed by atoms with Crippen LogP contribution in [-0.4, -0.2) is 33.3 Å². The van der Waals surface area contributed by atoms with Crippen LogP contribution in [0.3, 0.4) is 0 Å². The SMILES string of the molecule is O=C(CN1CCn2ccnc2C1)c1ccc(Cl)cc1Cl. The summed E-state index contributed by atoms with van der Waals surface area (Å²) in [5, 5.41) is 0.938. The van der Waals surface area contributed by atoms with Crippen LogP contribution in [0.4, 0.5) is 0 Å². The first kappa shape index (κ1) is 13.6. The van der Waals surface area contributed by atoms with Crippen LogP contribution in [0.15, 0.2) is 30.6 Å². The summed E-state index contributed by atoms with van der Waals surface area (Å²) in [6.45, 7) is 2.72. The normalized spacial score (nSPS) is 15.1. The number of halogens is 2. The first-order valence-electron chi connectivity index (χ1n) is 6.34. The monoisotopic (exact) mass is 309 g/mol. The van der Waals surface area contributed by atoms with Gasteiger partial charge in [-0.05, 0) is 18.2 Å². The predicted octanol–water partition coefficient (Wildman–Crippen LogP) is 2.89. The van der Waals surface area contributed by atoms with Crippen LogP contribution >= 0.6 is 23.2 Å². The zero-order chi connectivity index (χ0) is 14.1. The molecule has 0 saturated carbocycles. The minimum absolute atomic E-state index is 0.00618. The summed E-state index contributed by atoms with van der Waals surface area (Å²) < 4.78 is 2.11. The number of hydrogen-bond acceptors (Lipinski definition) is 3. The van der Waals surface area contributed by atoms with Crippen molar-refractivity contribution >= 4 is 29.0 Å². The Bertz CT molecular complexity index is 654. The van der Waals surface area contributed by atoms with E-state index in [9.17, 15) is 4.79 Å². The average molecular weight is 310 g/mol. The highest BCUT2D eigenvalue weighted by Crippen LogP contribution is 2.22. The average Bonchev–Trinajstić information content (AvgIpc) is 2.85. The number of benzene rings is 1. The number of imidazole rings is 1. The van der Waals surface area contributed by atoms with Crippen molar-refractivity contribution in [2.75, 3.05) is 13.1 Å². The lowest BCUT2D eigenvalue weighted by atomic mass is 10.1. The van der Waals surface area contributed by atoms with Crippen molar-refractivity contribution in [2.45, 2.75) is 13.1 Å². The number of carbonyl (C=O) groups is 1. The van der Waals surface area contributed by atoms with Crippen LogP contribution in [0.25, 0.3) is 0 Å². The number of hydrogen-bond donors (Lipinski definition) is 0. The molecule has 0 N–H and O–H groups in total. The molecule has 1 aliphatic heterocycles. The number of ketones is 1. The Labute approximate surface area is 126 Å². The maximum absolute atomic E-state index is 12.3. The van der Waals surface area contributed by atoms with E-state index in [0.29, 0.717) is 28.7 Å². The van der Waals surface area contributed by atoms with E-state index in [1.54, 1.807) is 24.4 Å². The molecule has 2 aromatic rings. The van der Waals surface area contributed by atoms with Gasteiger partial charge in [-0.3, -0.25) is 9.69 Å². The molecule has 0 spiro atoms. The second-order valence-electron chi connectivity index (χ2n) is 4.79. The molecule has 0 radical (unpaired) electrons. The van der Waals surface area contributed by atoms with Gasteiger partial charge < -0.3 is 4.57 Å². The van der Waals surface area contributed by atoms with Crippen LogP contribution in [0, 0.1) is 0 Å². The van der Waals surface area contributed by atoms with Crippen molar-refractivity contribution in [1.29, 1.82) is 0 Å². The molecule has 0 aliphatic carbocycles. The summed E-state index contributed by atoms with van der Waals surface area (Å²) in [5.74, 6) is 0.998. The van der Waals surface area contributed by atoms with Crippen LogP contribution < -0.4 is 0 Å². The Balaban J connectivity index is 1.71. The van der Waals surface area contributed by atoms with E-state index in [1.807, 2.05) is 6.20 Å². The van der Waals surface area contributed by atoms with E-state index < -0.39 is 0 Å². The fraction of sp³-hybridized carbons (Fsp3) is 0.286. The summed E-state index contributed by atoms with van der Waals surface area (Å²) in [6, 6.07) is 4.96. The largest absolute Gasteiger partial charge is 0.333 e. The third-order valence-electron chi connectivity index (χ3n) is 3.42. The number of Topliss-reactive ketones (excluding diaryl/α,β-unsaturated/α-hetero) is 1. The molecule has 1 aromatic heterocycles. The van der Waals surface area contributed by atoms with Gasteiger partial charge in [-0.1, -0.05) is 23.2 Å². The second-order valence-corrected chi connectivity index (χ2v) is 5.64. The Kier molecular flexibility index (Phi) is 3.78. The molecule has 0 fully saturated rings. The van der Waals surface area contributed by atoms with Gasteiger partial charge >= 0.3 is 0 Å². The second kappa shape index (κ2) is 5.56. The third-order valence-corrected chi connectivity index (χ3v) is 3.97. The minimum Gasteiger partial charge on any atom is -0.333 e. The maximum Gasteiger partial charge on any atom is 0.178 e. The molecular weight excluding hydrogens is 297 g/mol. The summed E-state index contributed by atoms with van der Waals surface area (Å²) >= 11 is 11.9. The summed E-state index contributed by atoms with van der Waals surface area (Å²) in [4.78, 5) is 18.7. The molecule has 0 atom stereocenters. The highest BCUT2D eigenvalue weighted by Gasteiger charge is 2.20. The van der Waals surface area contributed by atoms with Crippen molar-refractivity contribution in [3.63, 3.8) is 0 Å². The van der Waals surface area contributed by atoms with Crippen molar-refractivity contribution < 1.29 is 4.79 Å². The van der Waals surface area contributed by atoms with Gasteiger partial charge in [0.1, 0.15) is 5.82 Å². The van der Waals surface area contributed by atoms with Gasteiger partial charge in [0, 0.05) is 36.1 Å². The van der Waals surface area contributed by atoms with Crippen molar-refractivity contribution in [2.24, 2.45) is 0 Å². The fourth-order valence-corrected chi connectivity index (χ4v) is 2.88. The van der Waals surface area contributed by atoms with Gasteiger partial charge in [0.2, 0.25) is 0 Å². The highest BCUT2D eigenvalue weighted by molar-refractivity contribution is 6.36. The molecule has 0 unspecified atom stereocenters. The quantitative estimate of drug-likeness (QED) is 0.818. The highest BCUT2D eigenvalue weighted by atomic mass is 35.5. The summed E-state index contributed by atoms with van der Waals surface area (Å²) in [6.07, 6.45) is 3.75. The van der Waals surface area contributed by atoms with E-state index in [1.165, 1.54) is 0 Å². The topological polar surface area (TPSA) is 38.1 Å². The molecule has 4 nitrogen and oxygen atoms in total. The lowest BCUT2D eigenvalue weighted by Crippen LogP contribution is -2.37. The number of nitrogens with zero attached hydrogens (tertiary/aromatic N) is 3. The molecule has 104 valence electrons. The lowest BCUT2D eigenvalue weighted by Gasteiger charge is -2.26. The van der Waals surface area contributed by atoms with Crippen LogP contribution in [0.5, 0.6) is 0 Å². The molecule has 2 heterocycles. The molecular formula is C14H13Cl2N3O. The Morgan fingerprint density at radius 1 is 1.30 bits per heavy atom. The Hall–Kier alpha value is -1.36. The molecule has 3 rings (SSSR count). The number of fused-ring (bicyclic) bond motifs is 1. The van der Waals surface area contributed by atoms with E-state index >= 15 is 0 Å². The van der Waals surface area contributed by atoms with Gasteiger partial charge in [0.05, 0.1) is 18.1 Å². The molecule has 6 heteroatoms. The summed E-state index contributed by atoms with van der Waals surface area (Å²) in [7, 11) is 0. The smallest absolute Gasteiger partial charge is 0.178 e. The minimum atomic E-state index is 0.00618. The molecule has 1 aromatic carbocycles. The number of rotatable bonds is 3. The van der Waals surface area contributed by atoms with Crippen LogP contribution in [0.2, 0.25) is 10.0 Å². The Morgan fingerprint density at radius 2 is 2.15 bits per heavy atom. The maximum atomic E-state index is 12.3. The standard InChI is InChI=1S/C14H13Cl2N3O/c15-10-1-2-11(12(16)7-10)13(20)8-18-5-6-19-4-3-17-14(19)9-18/h1-4,7H,5-6,8-9H2.